The van der Waals surface area contributed by atoms with E-state index in [0.29, 0.717) is 38.0 Å². The summed E-state index contributed by atoms with van der Waals surface area (Å²) in [5.74, 6) is -1.35. The van der Waals surface area contributed by atoms with E-state index in [1.807, 2.05) is 0 Å². The first-order valence-corrected chi connectivity index (χ1v) is 14.9. The van der Waals surface area contributed by atoms with Crippen LogP contribution >= 0.6 is 0 Å². The van der Waals surface area contributed by atoms with Crippen LogP contribution in [-0.2, 0) is 14.6 Å². The van der Waals surface area contributed by atoms with Crippen molar-refractivity contribution in [2.45, 2.75) is 124 Å². The standard InChI is InChI=1S/C32H50O6/c1-18(2)19(3)9-10-20(27(35)36)25-22(33)17-31(8)30(25,7)15-12-23-29(6)14-13-24(34)28(4,5)26-21(29)11-16-32(23,31)38-37-26/h12,18,20-22,24-26,33-34H,3,9-11,13-17H2,1-2,4-8H3,(H,35,36). The smallest absolute Gasteiger partial charge is 0.306 e. The molecule has 2 heterocycles. The number of fused-ring (bicyclic) bond motifs is 3. The van der Waals surface area contributed by atoms with Gasteiger partial charge in [-0.25, -0.2) is 9.78 Å². The van der Waals surface area contributed by atoms with Gasteiger partial charge in [0.25, 0.3) is 0 Å². The van der Waals surface area contributed by atoms with Crippen LogP contribution < -0.4 is 0 Å². The Labute approximate surface area is 228 Å². The van der Waals surface area contributed by atoms with E-state index >= 15 is 0 Å². The minimum absolute atomic E-state index is 0.178. The molecule has 4 bridgehead atoms. The van der Waals surface area contributed by atoms with Gasteiger partial charge in [-0.2, -0.15) is 0 Å². The third kappa shape index (κ3) is 3.48. The molecule has 0 aromatic rings. The lowest BCUT2D eigenvalue weighted by Crippen LogP contribution is -2.63. The van der Waals surface area contributed by atoms with Gasteiger partial charge in [0.05, 0.1) is 18.1 Å². The first-order chi connectivity index (χ1) is 17.6. The Bertz CT molecular complexity index is 1030. The van der Waals surface area contributed by atoms with E-state index in [2.05, 4.69) is 61.1 Å². The monoisotopic (exact) mass is 530 g/mol. The highest BCUT2D eigenvalue weighted by Crippen LogP contribution is 2.76. The van der Waals surface area contributed by atoms with Gasteiger partial charge in [-0.05, 0) is 79.6 Å². The van der Waals surface area contributed by atoms with Crippen molar-refractivity contribution < 1.29 is 29.9 Å². The van der Waals surface area contributed by atoms with E-state index in [0.717, 1.165) is 24.8 Å². The summed E-state index contributed by atoms with van der Waals surface area (Å²) in [7, 11) is 0. The molecule has 10 atom stereocenters. The van der Waals surface area contributed by atoms with Crippen LogP contribution in [0.5, 0.6) is 0 Å². The maximum atomic E-state index is 12.7. The van der Waals surface area contributed by atoms with Crippen molar-refractivity contribution >= 4 is 5.97 Å². The quantitative estimate of drug-likeness (QED) is 0.285. The number of hydrogen-bond acceptors (Lipinski definition) is 5. The van der Waals surface area contributed by atoms with Gasteiger partial charge >= 0.3 is 5.97 Å². The number of carbonyl (C=O) groups is 1. The Morgan fingerprint density at radius 2 is 1.82 bits per heavy atom. The Balaban J connectivity index is 1.59. The molecule has 214 valence electrons. The molecule has 3 saturated carbocycles. The number of aliphatic carboxylic acids is 1. The van der Waals surface area contributed by atoms with Crippen LogP contribution in [0.25, 0.3) is 0 Å². The fraction of sp³-hybridized carbons (Fsp3) is 0.844. The predicted octanol–water partition coefficient (Wildman–Crippen LogP) is 6.07. The van der Waals surface area contributed by atoms with Gasteiger partial charge in [-0.3, -0.25) is 4.79 Å². The first-order valence-electron chi connectivity index (χ1n) is 14.9. The summed E-state index contributed by atoms with van der Waals surface area (Å²) in [5.41, 5.74) is -0.00481. The van der Waals surface area contributed by atoms with Gasteiger partial charge in [-0.1, -0.05) is 66.7 Å². The van der Waals surface area contributed by atoms with Crippen LogP contribution in [-0.4, -0.2) is 45.2 Å². The number of rotatable bonds is 6. The van der Waals surface area contributed by atoms with Crippen molar-refractivity contribution in [1.29, 1.82) is 0 Å². The van der Waals surface area contributed by atoms with Crippen molar-refractivity contribution in [2.75, 3.05) is 0 Å². The molecule has 10 unspecified atom stereocenters. The maximum absolute atomic E-state index is 12.7. The summed E-state index contributed by atoms with van der Waals surface area (Å²) in [4.78, 5) is 25.9. The summed E-state index contributed by atoms with van der Waals surface area (Å²) in [6.07, 6.45) is 6.52. The molecule has 6 nitrogen and oxygen atoms in total. The lowest BCUT2D eigenvalue weighted by atomic mass is 9.42. The zero-order chi connectivity index (χ0) is 28.1. The molecular weight excluding hydrogens is 480 g/mol. The van der Waals surface area contributed by atoms with Crippen molar-refractivity contribution in [3.63, 3.8) is 0 Å². The summed E-state index contributed by atoms with van der Waals surface area (Å²) >= 11 is 0. The third-order valence-electron chi connectivity index (χ3n) is 12.9. The average Bonchev–Trinajstić information content (AvgIpc) is 2.99. The van der Waals surface area contributed by atoms with Crippen LogP contribution in [0.15, 0.2) is 23.8 Å². The highest BCUT2D eigenvalue weighted by molar-refractivity contribution is 5.71. The zero-order valence-electron chi connectivity index (χ0n) is 24.5. The Morgan fingerprint density at radius 3 is 2.45 bits per heavy atom. The van der Waals surface area contributed by atoms with Gasteiger partial charge in [-0.15, -0.1) is 0 Å². The molecule has 1 spiro atoms. The molecule has 38 heavy (non-hydrogen) atoms. The van der Waals surface area contributed by atoms with Gasteiger partial charge in [0.2, 0.25) is 0 Å². The SMILES string of the molecule is C=C(CCC(C(=O)O)C1C(O)CC2(C)C34CCC5C(OO3)C(C)(C)C(O)CCC5(C)C4=CCC12C)C(C)C. The number of carboxylic acids is 1. The van der Waals surface area contributed by atoms with E-state index in [-0.39, 0.29) is 17.4 Å². The zero-order valence-corrected chi connectivity index (χ0v) is 24.5. The maximum Gasteiger partial charge on any atom is 0.306 e. The van der Waals surface area contributed by atoms with Crippen molar-refractivity contribution in [3.8, 4) is 0 Å². The number of carboxylic acid groups (broad SMARTS) is 1. The number of allylic oxidation sites excluding steroid dienone is 2. The van der Waals surface area contributed by atoms with Gasteiger partial charge in [0.1, 0.15) is 11.7 Å². The Kier molecular flexibility index (Phi) is 6.63. The van der Waals surface area contributed by atoms with Gasteiger partial charge in [0.15, 0.2) is 0 Å². The highest BCUT2D eigenvalue weighted by Gasteiger charge is 2.76. The van der Waals surface area contributed by atoms with Crippen LogP contribution in [0.1, 0.15) is 99.8 Å². The Hall–Kier alpha value is -1.21. The molecule has 6 rings (SSSR count). The Morgan fingerprint density at radius 1 is 1.13 bits per heavy atom. The van der Waals surface area contributed by atoms with Crippen molar-refractivity contribution in [3.05, 3.63) is 23.8 Å². The number of hydrogen-bond donors (Lipinski definition) is 3. The normalized spacial score (nSPS) is 47.9. The molecule has 5 fully saturated rings. The molecule has 0 aromatic carbocycles. The second-order valence-corrected chi connectivity index (χ2v) is 15.0. The van der Waals surface area contributed by atoms with Crippen molar-refractivity contribution in [1.82, 2.24) is 0 Å². The molecule has 2 aliphatic heterocycles. The largest absolute Gasteiger partial charge is 0.481 e. The van der Waals surface area contributed by atoms with Crippen LogP contribution in [0.4, 0.5) is 0 Å². The summed E-state index contributed by atoms with van der Waals surface area (Å²) in [6.45, 7) is 19.3. The van der Waals surface area contributed by atoms with E-state index in [1.165, 1.54) is 5.57 Å². The number of aliphatic hydroxyl groups is 2. The topological polar surface area (TPSA) is 96.2 Å². The summed E-state index contributed by atoms with van der Waals surface area (Å²) in [6, 6.07) is 0. The third-order valence-corrected chi connectivity index (χ3v) is 12.9. The minimum atomic E-state index is -0.833. The first kappa shape index (κ1) is 28.3. The number of aliphatic hydroxyl groups excluding tert-OH is 2. The van der Waals surface area contributed by atoms with Crippen LogP contribution in [0.2, 0.25) is 0 Å². The summed E-state index contributed by atoms with van der Waals surface area (Å²) < 4.78 is 0. The predicted molar refractivity (Wildman–Crippen MR) is 146 cm³/mol. The molecule has 2 saturated heterocycles. The summed E-state index contributed by atoms with van der Waals surface area (Å²) in [5, 5.41) is 33.2. The highest BCUT2D eigenvalue weighted by atomic mass is 17.2. The molecule has 6 heteroatoms. The molecule has 0 aromatic heterocycles. The van der Waals surface area contributed by atoms with E-state index in [4.69, 9.17) is 9.78 Å². The molecule has 0 radical (unpaired) electrons. The van der Waals surface area contributed by atoms with E-state index in [9.17, 15) is 20.1 Å². The lowest BCUT2D eigenvalue weighted by molar-refractivity contribution is -0.410. The van der Waals surface area contributed by atoms with Crippen LogP contribution in [0, 0.1) is 45.3 Å². The second kappa shape index (κ2) is 8.89. The fourth-order valence-electron chi connectivity index (χ4n) is 9.94. The molecule has 3 N–H and O–H groups in total. The molecular formula is C32H50O6. The second-order valence-electron chi connectivity index (χ2n) is 15.0. The minimum Gasteiger partial charge on any atom is -0.481 e. The molecule has 0 amide bonds. The van der Waals surface area contributed by atoms with E-state index < -0.39 is 51.9 Å². The van der Waals surface area contributed by atoms with Crippen molar-refractivity contribution in [2.24, 2.45) is 45.3 Å². The van der Waals surface area contributed by atoms with Gasteiger partial charge < -0.3 is 15.3 Å². The molecule has 6 aliphatic rings. The van der Waals surface area contributed by atoms with Gasteiger partial charge in [0, 0.05) is 16.7 Å². The lowest BCUT2D eigenvalue weighted by Gasteiger charge is -2.62. The van der Waals surface area contributed by atoms with E-state index in [1.54, 1.807) is 0 Å². The molecule has 4 aliphatic carbocycles. The van der Waals surface area contributed by atoms with Crippen LogP contribution in [0.3, 0.4) is 0 Å². The fourth-order valence-corrected chi connectivity index (χ4v) is 9.94. The average molecular weight is 531 g/mol.